The molecule has 0 aliphatic carbocycles. The van der Waals surface area contributed by atoms with E-state index in [0.717, 1.165) is 6.42 Å². The van der Waals surface area contributed by atoms with Crippen molar-refractivity contribution in [1.82, 2.24) is 10.3 Å². The van der Waals surface area contributed by atoms with Gasteiger partial charge in [-0.25, -0.2) is 18.6 Å². The van der Waals surface area contributed by atoms with E-state index >= 15 is 0 Å². The number of carbonyl (C=O) groups is 2. The predicted octanol–water partition coefficient (Wildman–Crippen LogP) is 6.94. The van der Waals surface area contributed by atoms with E-state index in [2.05, 4.69) is 42.5 Å². The number of aromatic carboxylic acids is 1. The highest BCUT2D eigenvalue weighted by Gasteiger charge is 2.39. The molecule has 212 valence electrons. The average Bonchev–Trinajstić information content (AvgIpc) is 3.27. The van der Waals surface area contributed by atoms with Gasteiger partial charge in [0.15, 0.2) is 0 Å². The van der Waals surface area contributed by atoms with Crippen molar-refractivity contribution in [2.75, 3.05) is 11.9 Å². The first kappa shape index (κ1) is 32.6. The molecule has 4 rings (SSSR count). The second-order valence-corrected chi connectivity index (χ2v) is 11.0. The highest BCUT2D eigenvalue weighted by molar-refractivity contribution is 6.31. The van der Waals surface area contributed by atoms with Gasteiger partial charge in [0.2, 0.25) is 6.41 Å². The Bertz CT molecular complexity index is 1310. The fourth-order valence-corrected chi connectivity index (χ4v) is 4.45. The Kier molecular flexibility index (Phi) is 12.5. The number of amides is 1. The van der Waals surface area contributed by atoms with Gasteiger partial charge in [0.05, 0.1) is 28.9 Å². The first-order valence-corrected chi connectivity index (χ1v) is 13.0. The fraction of sp³-hybridized carbons (Fsp3) is 0.310. The van der Waals surface area contributed by atoms with E-state index in [-0.39, 0.29) is 39.8 Å². The van der Waals surface area contributed by atoms with Crippen LogP contribution in [-0.4, -0.2) is 35.1 Å². The quantitative estimate of drug-likeness (QED) is 0.277. The zero-order valence-corrected chi connectivity index (χ0v) is 23.7. The molecule has 2 aromatic carbocycles. The topological polar surface area (TPSA) is 115 Å². The highest BCUT2D eigenvalue weighted by Crippen LogP contribution is 2.38. The minimum atomic E-state index is -1.09. The van der Waals surface area contributed by atoms with Gasteiger partial charge in [-0.3, -0.25) is 4.79 Å². The Morgan fingerprint density at radius 2 is 1.90 bits per heavy atom. The molecule has 1 saturated heterocycles. The van der Waals surface area contributed by atoms with Gasteiger partial charge < -0.3 is 15.7 Å². The summed E-state index contributed by atoms with van der Waals surface area (Å²) in [6.45, 7) is 7.07. The number of pyridine rings is 1. The van der Waals surface area contributed by atoms with Crippen LogP contribution >= 0.6 is 23.2 Å². The Morgan fingerprint density at radius 3 is 2.40 bits per heavy atom. The third kappa shape index (κ3) is 10.2. The van der Waals surface area contributed by atoms with E-state index in [1.165, 1.54) is 36.5 Å². The van der Waals surface area contributed by atoms with Crippen molar-refractivity contribution >= 4 is 41.3 Å². The summed E-state index contributed by atoms with van der Waals surface area (Å²) >= 11 is 11.3. The number of nitrogens with zero attached hydrogens (tertiary/aromatic N) is 2. The molecule has 7 nitrogen and oxygen atoms in total. The first-order valence-electron chi connectivity index (χ1n) is 12.2. The normalized spacial score (nSPS) is 17.8. The molecule has 11 heteroatoms. The molecule has 3 aromatic rings. The number of halogens is 4. The molecule has 1 aromatic heterocycles. The standard InChI is InChI=1S/C16H20ClFN2.C7H6N2O3.C6H4ClF/c1-16(2,3)7-14-11(8-19)12(9-20-14)10-5-4-6-13(17)15(10)18;10-4-9-5-1-2-6(7(11)12)8-3-5;7-5-2-1-3-6(8)4-5/h4-6,11-12,14,20H,7,9H2,1-3H3;1-4H,(H,9,10)(H,11,12);1-4H. The van der Waals surface area contributed by atoms with Gasteiger partial charge >= 0.3 is 5.97 Å². The SMILES string of the molecule is CC(C)(C)CC1NCC(c2cccc(Cl)c2F)C1C#N.Fc1cccc(Cl)c1.O=CNc1ccc(C(=O)O)nc1. The Balaban J connectivity index is 0.000000236. The average molecular weight is 591 g/mol. The monoisotopic (exact) mass is 590 g/mol. The largest absolute Gasteiger partial charge is 0.477 e. The van der Waals surface area contributed by atoms with Crippen LogP contribution in [-0.2, 0) is 4.79 Å². The lowest BCUT2D eigenvalue weighted by atomic mass is 9.79. The van der Waals surface area contributed by atoms with Crippen LogP contribution in [0, 0.1) is 34.3 Å². The van der Waals surface area contributed by atoms with Crippen LogP contribution < -0.4 is 10.6 Å². The number of carbonyl (C=O) groups excluding carboxylic acids is 1. The van der Waals surface area contributed by atoms with E-state index in [4.69, 9.17) is 28.3 Å². The van der Waals surface area contributed by atoms with Gasteiger partial charge in [0, 0.05) is 23.5 Å². The van der Waals surface area contributed by atoms with Crippen LogP contribution in [0.1, 0.15) is 49.2 Å². The number of aromatic nitrogens is 1. The Morgan fingerprint density at radius 1 is 1.20 bits per heavy atom. The number of rotatable bonds is 5. The summed E-state index contributed by atoms with van der Waals surface area (Å²) in [5, 5.41) is 24.2. The van der Waals surface area contributed by atoms with Crippen LogP contribution in [0.2, 0.25) is 10.0 Å². The lowest BCUT2D eigenvalue weighted by Crippen LogP contribution is -2.31. The van der Waals surface area contributed by atoms with E-state index in [1.54, 1.807) is 24.3 Å². The van der Waals surface area contributed by atoms with Crippen LogP contribution in [0.4, 0.5) is 14.5 Å². The lowest BCUT2D eigenvalue weighted by Gasteiger charge is -2.26. The third-order valence-electron chi connectivity index (χ3n) is 5.82. The molecule has 2 heterocycles. The molecule has 0 spiro atoms. The molecule has 3 N–H and O–H groups in total. The molecule has 3 unspecified atom stereocenters. The summed E-state index contributed by atoms with van der Waals surface area (Å²) in [6, 6.07) is 16.1. The predicted molar refractivity (Wildman–Crippen MR) is 151 cm³/mol. The van der Waals surface area contributed by atoms with Gasteiger partial charge in [0.25, 0.3) is 0 Å². The first-order chi connectivity index (χ1) is 18.9. The molecule has 0 bridgehead atoms. The van der Waals surface area contributed by atoms with E-state index in [0.29, 0.717) is 29.2 Å². The molecule has 1 aliphatic rings. The van der Waals surface area contributed by atoms with Crippen molar-refractivity contribution in [3.8, 4) is 6.07 Å². The van der Waals surface area contributed by atoms with Crippen LogP contribution in [0.15, 0.2) is 60.8 Å². The highest BCUT2D eigenvalue weighted by atomic mass is 35.5. The fourth-order valence-electron chi connectivity index (χ4n) is 4.10. The smallest absolute Gasteiger partial charge is 0.354 e. The lowest BCUT2D eigenvalue weighted by molar-refractivity contribution is -0.105. The second kappa shape index (κ2) is 15.3. The van der Waals surface area contributed by atoms with Gasteiger partial charge in [-0.15, -0.1) is 0 Å². The zero-order chi connectivity index (χ0) is 29.9. The molecule has 1 amide bonds. The minimum absolute atomic E-state index is 0.0496. The number of anilines is 1. The molecule has 3 atom stereocenters. The molecule has 1 fully saturated rings. The van der Waals surface area contributed by atoms with Crippen molar-refractivity contribution in [3.05, 3.63) is 93.7 Å². The van der Waals surface area contributed by atoms with E-state index < -0.39 is 11.8 Å². The van der Waals surface area contributed by atoms with Gasteiger partial charge in [-0.1, -0.05) is 62.2 Å². The summed E-state index contributed by atoms with van der Waals surface area (Å²) < 4.78 is 26.2. The zero-order valence-electron chi connectivity index (χ0n) is 22.2. The maximum absolute atomic E-state index is 14.2. The van der Waals surface area contributed by atoms with Crippen molar-refractivity contribution in [3.63, 3.8) is 0 Å². The van der Waals surface area contributed by atoms with Gasteiger partial charge in [-0.05, 0) is 53.8 Å². The van der Waals surface area contributed by atoms with Crippen molar-refractivity contribution in [1.29, 1.82) is 5.26 Å². The summed E-state index contributed by atoms with van der Waals surface area (Å²) in [6.07, 6.45) is 2.67. The number of nitriles is 1. The van der Waals surface area contributed by atoms with E-state index in [9.17, 15) is 23.6 Å². The molecular weight excluding hydrogens is 561 g/mol. The number of benzene rings is 2. The number of hydrogen-bond donors (Lipinski definition) is 3. The molecule has 40 heavy (non-hydrogen) atoms. The van der Waals surface area contributed by atoms with Crippen LogP contribution in [0.3, 0.4) is 0 Å². The number of carboxylic acids is 1. The Labute approximate surface area is 242 Å². The number of nitrogens with one attached hydrogen (secondary N) is 2. The van der Waals surface area contributed by atoms with Crippen molar-refractivity contribution < 1.29 is 23.5 Å². The molecule has 0 radical (unpaired) electrons. The summed E-state index contributed by atoms with van der Waals surface area (Å²) in [5.74, 6) is -2.13. The maximum Gasteiger partial charge on any atom is 0.354 e. The minimum Gasteiger partial charge on any atom is -0.477 e. The van der Waals surface area contributed by atoms with Crippen molar-refractivity contribution in [2.45, 2.75) is 39.2 Å². The summed E-state index contributed by atoms with van der Waals surface area (Å²) in [5.41, 5.74) is 1.10. The van der Waals surface area contributed by atoms with Crippen LogP contribution in [0.5, 0.6) is 0 Å². The second-order valence-electron chi connectivity index (χ2n) is 10.1. The molecular formula is C29H30Cl2F2N4O3. The van der Waals surface area contributed by atoms with Crippen LogP contribution in [0.25, 0.3) is 0 Å². The van der Waals surface area contributed by atoms with Gasteiger partial charge in [-0.2, -0.15) is 5.26 Å². The number of carboxylic acid groups (broad SMARTS) is 1. The Hall–Kier alpha value is -3.58. The number of hydrogen-bond acceptors (Lipinski definition) is 5. The van der Waals surface area contributed by atoms with E-state index in [1.807, 2.05) is 0 Å². The maximum atomic E-state index is 14.2. The van der Waals surface area contributed by atoms with Gasteiger partial charge in [0.1, 0.15) is 17.3 Å². The molecule has 1 aliphatic heterocycles. The molecule has 0 saturated carbocycles. The summed E-state index contributed by atoms with van der Waals surface area (Å²) in [7, 11) is 0. The third-order valence-corrected chi connectivity index (χ3v) is 6.35. The van der Waals surface area contributed by atoms with Crippen molar-refractivity contribution in [2.24, 2.45) is 11.3 Å². The summed E-state index contributed by atoms with van der Waals surface area (Å²) in [4.78, 5) is 23.8.